The summed E-state index contributed by atoms with van der Waals surface area (Å²) in [6.45, 7) is 0. The lowest BCUT2D eigenvalue weighted by Gasteiger charge is -1.89. The lowest BCUT2D eigenvalue weighted by atomic mass is 10.2. The summed E-state index contributed by atoms with van der Waals surface area (Å²) >= 11 is 0. The normalized spacial score (nSPS) is 12.1. The van der Waals surface area contributed by atoms with Crippen molar-refractivity contribution in [1.82, 2.24) is 0 Å². The van der Waals surface area contributed by atoms with Crippen LogP contribution in [0.5, 0.6) is 0 Å². The molecule has 4 heteroatoms. The molecule has 0 atom stereocenters. The van der Waals surface area contributed by atoms with Gasteiger partial charge >= 0.3 is 0 Å². The average Bonchev–Trinajstić information content (AvgIpc) is 2.02. The van der Waals surface area contributed by atoms with E-state index in [1.807, 2.05) is 6.07 Å². The van der Waals surface area contributed by atoms with Crippen LogP contribution in [0.15, 0.2) is 35.7 Å². The minimum Gasteiger partial charge on any atom is -0.282 e. The molecule has 0 fully saturated rings. The highest BCUT2D eigenvalue weighted by atomic mass is 32.2. The van der Waals surface area contributed by atoms with Crippen molar-refractivity contribution in [2.45, 2.75) is 0 Å². The molecule has 12 heavy (non-hydrogen) atoms. The van der Waals surface area contributed by atoms with Gasteiger partial charge in [0.2, 0.25) is 0 Å². The van der Waals surface area contributed by atoms with Gasteiger partial charge in [0.25, 0.3) is 10.1 Å². The van der Waals surface area contributed by atoms with Gasteiger partial charge in [-0.2, -0.15) is 8.42 Å². The zero-order valence-corrected chi connectivity index (χ0v) is 7.03. The van der Waals surface area contributed by atoms with Gasteiger partial charge in [-0.05, 0) is 11.6 Å². The highest BCUT2D eigenvalue weighted by Gasteiger charge is 1.94. The number of rotatable bonds is 2. The van der Waals surface area contributed by atoms with E-state index in [2.05, 4.69) is 0 Å². The van der Waals surface area contributed by atoms with Crippen molar-refractivity contribution in [3.05, 3.63) is 41.3 Å². The summed E-state index contributed by atoms with van der Waals surface area (Å²) in [7, 11) is -4.00. The Hall–Kier alpha value is -1.13. The Balaban J connectivity index is 2.85. The SMILES string of the molecule is O=S(=O)(O)/C=C/c1ccccc1. The van der Waals surface area contributed by atoms with Crippen LogP contribution in [-0.4, -0.2) is 13.0 Å². The summed E-state index contributed by atoms with van der Waals surface area (Å²) in [6, 6.07) is 8.86. The van der Waals surface area contributed by atoms with E-state index >= 15 is 0 Å². The van der Waals surface area contributed by atoms with Crippen LogP contribution in [0.1, 0.15) is 5.56 Å². The maximum atomic E-state index is 10.3. The van der Waals surface area contributed by atoms with Gasteiger partial charge in [0, 0.05) is 0 Å². The van der Waals surface area contributed by atoms with Crippen LogP contribution in [0.2, 0.25) is 0 Å². The maximum absolute atomic E-state index is 10.3. The molecular formula is C8H8O3S. The highest BCUT2D eigenvalue weighted by Crippen LogP contribution is 2.01. The van der Waals surface area contributed by atoms with E-state index in [0.29, 0.717) is 0 Å². The monoisotopic (exact) mass is 184 g/mol. The van der Waals surface area contributed by atoms with Crippen LogP contribution in [-0.2, 0) is 10.1 Å². The van der Waals surface area contributed by atoms with Crippen LogP contribution in [0.25, 0.3) is 6.08 Å². The zero-order chi connectivity index (χ0) is 9.03. The fraction of sp³-hybridized carbons (Fsp3) is 0. The van der Waals surface area contributed by atoms with Gasteiger partial charge in [-0.15, -0.1) is 0 Å². The molecule has 1 aromatic carbocycles. The molecule has 0 radical (unpaired) electrons. The molecule has 0 spiro atoms. The molecule has 64 valence electrons. The molecule has 1 N–H and O–H groups in total. The quantitative estimate of drug-likeness (QED) is 0.709. The molecule has 0 amide bonds. The fourth-order valence-electron chi connectivity index (χ4n) is 0.729. The molecule has 0 saturated carbocycles. The molecule has 0 bridgehead atoms. The second-order valence-corrected chi connectivity index (χ2v) is 3.53. The zero-order valence-electron chi connectivity index (χ0n) is 6.21. The second-order valence-electron chi connectivity index (χ2n) is 2.23. The molecule has 0 aliphatic heterocycles. The Labute approximate surface area is 71.1 Å². The molecule has 0 aliphatic rings. The van der Waals surface area contributed by atoms with Gasteiger partial charge in [0.15, 0.2) is 0 Å². The van der Waals surface area contributed by atoms with E-state index in [0.717, 1.165) is 11.0 Å². The van der Waals surface area contributed by atoms with Gasteiger partial charge < -0.3 is 0 Å². The number of benzene rings is 1. The minimum absolute atomic E-state index is 0.732. The third-order valence-electron chi connectivity index (χ3n) is 1.23. The van der Waals surface area contributed by atoms with Crippen molar-refractivity contribution >= 4 is 16.2 Å². The molecule has 1 rings (SSSR count). The van der Waals surface area contributed by atoms with E-state index in [-0.39, 0.29) is 0 Å². The van der Waals surface area contributed by atoms with Crippen molar-refractivity contribution in [3.63, 3.8) is 0 Å². The lowest BCUT2D eigenvalue weighted by molar-refractivity contribution is 0.494. The maximum Gasteiger partial charge on any atom is 0.287 e. The van der Waals surface area contributed by atoms with Crippen LogP contribution < -0.4 is 0 Å². The third-order valence-corrected chi connectivity index (χ3v) is 1.71. The molecule has 0 aliphatic carbocycles. The van der Waals surface area contributed by atoms with Crippen molar-refractivity contribution in [3.8, 4) is 0 Å². The smallest absolute Gasteiger partial charge is 0.282 e. The summed E-state index contributed by atoms with van der Waals surface area (Å²) in [5.41, 5.74) is 0.732. The van der Waals surface area contributed by atoms with Gasteiger partial charge in [0.05, 0.1) is 5.41 Å². The number of hydrogen-bond donors (Lipinski definition) is 1. The average molecular weight is 184 g/mol. The van der Waals surface area contributed by atoms with Gasteiger partial charge in [0.1, 0.15) is 0 Å². The first-order valence-corrected chi connectivity index (χ1v) is 4.79. The summed E-state index contributed by atoms with van der Waals surface area (Å²) in [5.74, 6) is 0. The Morgan fingerprint density at radius 1 is 1.17 bits per heavy atom. The van der Waals surface area contributed by atoms with E-state index in [1.54, 1.807) is 24.3 Å². The molecule has 3 nitrogen and oxygen atoms in total. The topological polar surface area (TPSA) is 54.4 Å². The molecule has 1 aromatic rings. The summed E-state index contributed by atoms with van der Waals surface area (Å²) in [6.07, 6.45) is 1.33. The minimum atomic E-state index is -4.00. The van der Waals surface area contributed by atoms with Crippen molar-refractivity contribution in [1.29, 1.82) is 0 Å². The fourth-order valence-corrected chi connectivity index (χ4v) is 1.06. The van der Waals surface area contributed by atoms with Crippen LogP contribution in [0.4, 0.5) is 0 Å². The van der Waals surface area contributed by atoms with Crippen LogP contribution >= 0.6 is 0 Å². The van der Waals surface area contributed by atoms with E-state index in [9.17, 15) is 8.42 Å². The Morgan fingerprint density at radius 2 is 1.75 bits per heavy atom. The van der Waals surface area contributed by atoms with E-state index in [1.165, 1.54) is 6.08 Å². The van der Waals surface area contributed by atoms with Crippen molar-refractivity contribution in [2.24, 2.45) is 0 Å². The Kier molecular flexibility index (Phi) is 2.62. The molecule has 0 heterocycles. The van der Waals surface area contributed by atoms with Gasteiger partial charge in [-0.25, -0.2) is 0 Å². The summed E-state index contributed by atoms with van der Waals surface area (Å²) in [5, 5.41) is 0.752. The van der Waals surface area contributed by atoms with Crippen molar-refractivity contribution in [2.75, 3.05) is 0 Å². The number of hydrogen-bond acceptors (Lipinski definition) is 2. The standard InChI is InChI=1S/C8H8O3S/c9-12(10,11)7-6-8-4-2-1-3-5-8/h1-7H,(H,9,10,11)/b7-6+. The summed E-state index contributed by atoms with van der Waals surface area (Å²) in [4.78, 5) is 0. The van der Waals surface area contributed by atoms with E-state index < -0.39 is 10.1 Å². The molecule has 0 aromatic heterocycles. The first-order valence-electron chi connectivity index (χ1n) is 3.28. The van der Waals surface area contributed by atoms with Gasteiger partial charge in [-0.3, -0.25) is 4.55 Å². The highest BCUT2D eigenvalue weighted by molar-refractivity contribution is 7.88. The van der Waals surface area contributed by atoms with Crippen molar-refractivity contribution < 1.29 is 13.0 Å². The molecule has 0 unspecified atom stereocenters. The summed E-state index contributed by atoms with van der Waals surface area (Å²) < 4.78 is 28.9. The lowest BCUT2D eigenvalue weighted by Crippen LogP contribution is -1.88. The largest absolute Gasteiger partial charge is 0.287 e. The Morgan fingerprint density at radius 3 is 2.25 bits per heavy atom. The van der Waals surface area contributed by atoms with Gasteiger partial charge in [-0.1, -0.05) is 30.3 Å². The predicted molar refractivity (Wildman–Crippen MR) is 47.0 cm³/mol. The van der Waals surface area contributed by atoms with Crippen LogP contribution in [0, 0.1) is 0 Å². The first-order chi connectivity index (χ1) is 5.58. The molecule has 0 saturated heterocycles. The Bertz CT molecular complexity index is 365. The molecular weight excluding hydrogens is 176 g/mol. The third kappa shape index (κ3) is 3.32. The second kappa shape index (κ2) is 3.51. The van der Waals surface area contributed by atoms with Crippen LogP contribution in [0.3, 0.4) is 0 Å². The first kappa shape index (κ1) is 8.96. The predicted octanol–water partition coefficient (Wildman–Crippen LogP) is 1.55. The van der Waals surface area contributed by atoms with E-state index in [4.69, 9.17) is 4.55 Å².